The van der Waals surface area contributed by atoms with Crippen molar-refractivity contribution >= 4 is 17.3 Å². The quantitative estimate of drug-likeness (QED) is 0.860. The molecule has 5 heteroatoms. The molecular weight excluding hydrogens is 288 g/mol. The fourth-order valence-corrected chi connectivity index (χ4v) is 1.90. The van der Waals surface area contributed by atoms with E-state index in [0.717, 1.165) is 5.69 Å². The highest BCUT2D eigenvalue weighted by Crippen LogP contribution is 2.23. The molecule has 21 heavy (non-hydrogen) atoms. The first kappa shape index (κ1) is 15.2. The summed E-state index contributed by atoms with van der Waals surface area (Å²) in [6.07, 6.45) is -0.670. The molecule has 0 aromatic heterocycles. The number of benzene rings is 2. The molecule has 2 aromatic rings. The van der Waals surface area contributed by atoms with Crippen molar-refractivity contribution in [1.29, 1.82) is 5.26 Å². The van der Waals surface area contributed by atoms with Gasteiger partial charge in [0.15, 0.2) is 0 Å². The van der Waals surface area contributed by atoms with Gasteiger partial charge in [-0.3, -0.25) is 0 Å². The maximum Gasteiger partial charge on any atom is 0.138 e. The van der Waals surface area contributed by atoms with Gasteiger partial charge in [-0.1, -0.05) is 23.7 Å². The van der Waals surface area contributed by atoms with E-state index in [0.29, 0.717) is 22.9 Å². The second kappa shape index (κ2) is 7.53. The van der Waals surface area contributed by atoms with Gasteiger partial charge in [-0.05, 0) is 36.4 Å². The van der Waals surface area contributed by atoms with Gasteiger partial charge in [-0.2, -0.15) is 5.26 Å². The number of halogens is 1. The molecule has 0 aliphatic heterocycles. The van der Waals surface area contributed by atoms with E-state index in [4.69, 9.17) is 21.6 Å². The third kappa shape index (κ3) is 4.67. The summed E-state index contributed by atoms with van der Waals surface area (Å²) < 4.78 is 5.46. The van der Waals surface area contributed by atoms with Gasteiger partial charge in [0.05, 0.1) is 16.7 Å². The Hall–Kier alpha value is -2.22. The summed E-state index contributed by atoms with van der Waals surface area (Å²) in [5, 5.41) is 22.2. The van der Waals surface area contributed by atoms with Crippen molar-refractivity contribution in [3.63, 3.8) is 0 Å². The van der Waals surface area contributed by atoms with Crippen molar-refractivity contribution in [3.8, 4) is 11.8 Å². The van der Waals surface area contributed by atoms with Gasteiger partial charge < -0.3 is 15.2 Å². The zero-order valence-corrected chi connectivity index (χ0v) is 12.0. The molecule has 0 saturated carbocycles. The molecule has 108 valence electrons. The first-order valence-electron chi connectivity index (χ1n) is 6.48. The second-order valence-electron chi connectivity index (χ2n) is 4.47. The minimum absolute atomic E-state index is 0.146. The molecule has 0 spiro atoms. The van der Waals surface area contributed by atoms with Crippen LogP contribution in [0.5, 0.6) is 5.75 Å². The maximum atomic E-state index is 9.88. The fourth-order valence-electron chi connectivity index (χ4n) is 1.70. The minimum Gasteiger partial charge on any atom is -0.489 e. The van der Waals surface area contributed by atoms with E-state index in [2.05, 4.69) is 11.4 Å². The van der Waals surface area contributed by atoms with E-state index in [-0.39, 0.29) is 6.61 Å². The van der Waals surface area contributed by atoms with Crippen LogP contribution in [0.2, 0.25) is 5.02 Å². The van der Waals surface area contributed by atoms with Crippen LogP contribution in [0, 0.1) is 11.3 Å². The van der Waals surface area contributed by atoms with E-state index in [1.54, 1.807) is 36.4 Å². The largest absolute Gasteiger partial charge is 0.489 e. The van der Waals surface area contributed by atoms with E-state index in [1.165, 1.54) is 0 Å². The maximum absolute atomic E-state index is 9.88. The molecule has 1 unspecified atom stereocenters. The normalized spacial score (nSPS) is 11.5. The Labute approximate surface area is 128 Å². The Balaban J connectivity index is 1.78. The lowest BCUT2D eigenvalue weighted by molar-refractivity contribution is 0.117. The Morgan fingerprint density at radius 1 is 1.19 bits per heavy atom. The van der Waals surface area contributed by atoms with Gasteiger partial charge in [0.1, 0.15) is 18.5 Å². The SMILES string of the molecule is N#Cc1ccc(NCC(O)COc2ccccc2Cl)cc1. The number of nitrogens with one attached hydrogen (secondary N) is 1. The molecule has 0 aliphatic rings. The van der Waals surface area contributed by atoms with Crippen LogP contribution in [-0.4, -0.2) is 24.4 Å². The van der Waals surface area contributed by atoms with Gasteiger partial charge in [0.2, 0.25) is 0 Å². The lowest BCUT2D eigenvalue weighted by Crippen LogP contribution is -2.26. The summed E-state index contributed by atoms with van der Waals surface area (Å²) in [6, 6.07) is 16.2. The van der Waals surface area contributed by atoms with E-state index >= 15 is 0 Å². The molecule has 0 fully saturated rings. The number of nitriles is 1. The highest BCUT2D eigenvalue weighted by Gasteiger charge is 2.07. The molecule has 2 rings (SSSR count). The van der Waals surface area contributed by atoms with Crippen LogP contribution < -0.4 is 10.1 Å². The standard InChI is InChI=1S/C16H15ClN2O2/c17-15-3-1-2-4-16(15)21-11-14(20)10-19-13-7-5-12(9-18)6-8-13/h1-8,14,19-20H,10-11H2. The van der Waals surface area contributed by atoms with E-state index in [1.807, 2.05) is 12.1 Å². The topological polar surface area (TPSA) is 65.3 Å². The number of nitrogens with zero attached hydrogens (tertiary/aromatic N) is 1. The molecule has 0 saturated heterocycles. The van der Waals surface area contributed by atoms with Crippen LogP contribution in [0.25, 0.3) is 0 Å². The second-order valence-corrected chi connectivity index (χ2v) is 4.87. The minimum atomic E-state index is -0.670. The Morgan fingerprint density at radius 3 is 2.57 bits per heavy atom. The summed E-state index contributed by atoms with van der Waals surface area (Å²) in [6.45, 7) is 0.489. The zero-order valence-electron chi connectivity index (χ0n) is 11.3. The highest BCUT2D eigenvalue weighted by molar-refractivity contribution is 6.32. The van der Waals surface area contributed by atoms with Crippen molar-refractivity contribution < 1.29 is 9.84 Å². The number of aliphatic hydroxyl groups is 1. The number of para-hydroxylation sites is 1. The van der Waals surface area contributed by atoms with Crippen molar-refractivity contribution in [2.45, 2.75) is 6.10 Å². The number of aliphatic hydroxyl groups excluding tert-OH is 1. The zero-order chi connectivity index (χ0) is 15.1. The molecule has 4 nitrogen and oxygen atoms in total. The fraction of sp³-hybridized carbons (Fsp3) is 0.188. The monoisotopic (exact) mass is 302 g/mol. The average Bonchev–Trinajstić information content (AvgIpc) is 2.52. The summed E-state index contributed by atoms with van der Waals surface area (Å²) in [7, 11) is 0. The van der Waals surface area contributed by atoms with E-state index < -0.39 is 6.10 Å². The molecule has 0 amide bonds. The van der Waals surface area contributed by atoms with Crippen LogP contribution in [0.4, 0.5) is 5.69 Å². The van der Waals surface area contributed by atoms with Gasteiger partial charge in [0, 0.05) is 12.2 Å². The lowest BCUT2D eigenvalue weighted by atomic mass is 10.2. The van der Waals surface area contributed by atoms with E-state index in [9.17, 15) is 5.11 Å². The van der Waals surface area contributed by atoms with Crippen molar-refractivity contribution in [3.05, 3.63) is 59.1 Å². The van der Waals surface area contributed by atoms with Crippen LogP contribution in [0.3, 0.4) is 0 Å². The third-order valence-corrected chi connectivity index (χ3v) is 3.14. The highest BCUT2D eigenvalue weighted by atomic mass is 35.5. The molecule has 0 bridgehead atoms. The number of hydrogen-bond donors (Lipinski definition) is 2. The van der Waals surface area contributed by atoms with Gasteiger partial charge in [-0.25, -0.2) is 0 Å². The molecule has 2 aromatic carbocycles. The summed E-state index contributed by atoms with van der Waals surface area (Å²) in [5.74, 6) is 0.552. The van der Waals surface area contributed by atoms with Crippen molar-refractivity contribution in [1.82, 2.24) is 0 Å². The molecule has 1 atom stereocenters. The predicted molar refractivity (Wildman–Crippen MR) is 82.6 cm³/mol. The van der Waals surface area contributed by atoms with Crippen molar-refractivity contribution in [2.75, 3.05) is 18.5 Å². The number of rotatable bonds is 6. The number of ether oxygens (including phenoxy) is 1. The molecular formula is C16H15ClN2O2. The van der Waals surface area contributed by atoms with Gasteiger partial charge >= 0.3 is 0 Å². The average molecular weight is 303 g/mol. The van der Waals surface area contributed by atoms with Gasteiger partial charge in [0.25, 0.3) is 0 Å². The number of anilines is 1. The van der Waals surface area contributed by atoms with Crippen molar-refractivity contribution in [2.24, 2.45) is 0 Å². The smallest absolute Gasteiger partial charge is 0.138 e. The van der Waals surface area contributed by atoms with Crippen LogP contribution >= 0.6 is 11.6 Å². The third-order valence-electron chi connectivity index (χ3n) is 2.82. The Morgan fingerprint density at radius 2 is 1.90 bits per heavy atom. The first-order valence-corrected chi connectivity index (χ1v) is 6.86. The van der Waals surface area contributed by atoms with Crippen LogP contribution in [0.1, 0.15) is 5.56 Å². The lowest BCUT2D eigenvalue weighted by Gasteiger charge is -2.14. The van der Waals surface area contributed by atoms with Crippen LogP contribution in [-0.2, 0) is 0 Å². The Bertz CT molecular complexity index is 623. The Kier molecular flexibility index (Phi) is 5.44. The van der Waals surface area contributed by atoms with Gasteiger partial charge in [-0.15, -0.1) is 0 Å². The first-order chi connectivity index (χ1) is 10.2. The summed E-state index contributed by atoms with van der Waals surface area (Å²) in [5.41, 5.74) is 1.44. The molecule has 0 radical (unpaired) electrons. The molecule has 0 aliphatic carbocycles. The molecule has 0 heterocycles. The van der Waals surface area contributed by atoms with Crippen LogP contribution in [0.15, 0.2) is 48.5 Å². The predicted octanol–water partition coefficient (Wildman–Crippen LogP) is 3.06. The number of hydrogen-bond acceptors (Lipinski definition) is 4. The molecule has 2 N–H and O–H groups in total. The summed E-state index contributed by atoms with van der Waals surface area (Å²) in [4.78, 5) is 0. The summed E-state index contributed by atoms with van der Waals surface area (Å²) >= 11 is 5.96.